The number of hydrogen-bond acceptors (Lipinski definition) is 1. The van der Waals surface area contributed by atoms with Gasteiger partial charge in [-0.15, -0.1) is 0 Å². The van der Waals surface area contributed by atoms with Crippen LogP contribution in [0.25, 0.3) is 0 Å². The normalized spacial score (nSPS) is 10.4. The second-order valence-corrected chi connectivity index (χ2v) is 4.76. The molecule has 0 bridgehead atoms. The zero-order valence-corrected chi connectivity index (χ0v) is 11.1. The average molecular weight is 246 g/mol. The largest absolute Gasteiger partial charge is 0.344 e. The number of halogens is 1. The van der Waals surface area contributed by atoms with Gasteiger partial charge in [0.15, 0.2) is 0 Å². The summed E-state index contributed by atoms with van der Waals surface area (Å²) in [5.74, 6) is 0. The summed E-state index contributed by atoms with van der Waals surface area (Å²) in [6.45, 7) is 4.24. The molecule has 2 aromatic rings. The Morgan fingerprint density at radius 3 is 2.18 bits per heavy atom. The number of nitrogens with zero attached hydrogens (tertiary/aromatic N) is 1. The van der Waals surface area contributed by atoms with Crippen LogP contribution in [0.15, 0.2) is 42.5 Å². The molecule has 0 aliphatic carbocycles. The molecule has 0 atom stereocenters. The average Bonchev–Trinajstić information content (AvgIpc) is 2.29. The quantitative estimate of drug-likeness (QED) is 0.740. The van der Waals surface area contributed by atoms with Crippen molar-refractivity contribution in [1.29, 1.82) is 0 Å². The standard InChI is InChI=1S/C15H16ClN/c1-11-4-9-15(12(2)10-11)17(3)14-7-5-13(16)6-8-14/h4-10H,1-3H3. The van der Waals surface area contributed by atoms with E-state index in [1.807, 2.05) is 24.3 Å². The summed E-state index contributed by atoms with van der Waals surface area (Å²) in [7, 11) is 2.07. The molecule has 0 radical (unpaired) electrons. The van der Waals surface area contributed by atoms with Crippen molar-refractivity contribution in [2.75, 3.05) is 11.9 Å². The van der Waals surface area contributed by atoms with Crippen molar-refractivity contribution in [1.82, 2.24) is 0 Å². The number of hydrogen-bond donors (Lipinski definition) is 0. The predicted octanol–water partition coefficient (Wildman–Crippen LogP) is 4.72. The van der Waals surface area contributed by atoms with E-state index in [1.54, 1.807) is 0 Å². The fourth-order valence-corrected chi connectivity index (χ4v) is 2.11. The third kappa shape index (κ3) is 2.62. The Bertz CT molecular complexity index is 517. The fourth-order valence-electron chi connectivity index (χ4n) is 1.99. The number of benzene rings is 2. The highest BCUT2D eigenvalue weighted by Crippen LogP contribution is 2.28. The number of rotatable bonds is 2. The van der Waals surface area contributed by atoms with Crippen LogP contribution in [0, 0.1) is 13.8 Å². The fraction of sp³-hybridized carbons (Fsp3) is 0.200. The third-order valence-electron chi connectivity index (χ3n) is 2.93. The van der Waals surface area contributed by atoms with Crippen LogP contribution in [0.3, 0.4) is 0 Å². The monoisotopic (exact) mass is 245 g/mol. The molecule has 0 saturated carbocycles. The summed E-state index contributed by atoms with van der Waals surface area (Å²) in [4.78, 5) is 2.17. The predicted molar refractivity (Wildman–Crippen MR) is 75.4 cm³/mol. The number of aryl methyl sites for hydroxylation is 2. The second kappa shape index (κ2) is 4.80. The molecule has 0 aliphatic rings. The van der Waals surface area contributed by atoms with Gasteiger partial charge in [-0.3, -0.25) is 0 Å². The lowest BCUT2D eigenvalue weighted by atomic mass is 10.1. The molecule has 2 rings (SSSR count). The van der Waals surface area contributed by atoms with E-state index in [9.17, 15) is 0 Å². The van der Waals surface area contributed by atoms with Crippen LogP contribution in [-0.4, -0.2) is 7.05 Å². The summed E-state index contributed by atoms with van der Waals surface area (Å²) in [5.41, 5.74) is 4.93. The summed E-state index contributed by atoms with van der Waals surface area (Å²) in [6.07, 6.45) is 0. The molecule has 0 heterocycles. The molecular formula is C15H16ClN. The number of anilines is 2. The van der Waals surface area contributed by atoms with E-state index in [2.05, 4.69) is 44.0 Å². The Morgan fingerprint density at radius 2 is 1.59 bits per heavy atom. The summed E-state index contributed by atoms with van der Waals surface area (Å²) < 4.78 is 0. The topological polar surface area (TPSA) is 3.24 Å². The molecule has 0 saturated heterocycles. The molecule has 0 unspecified atom stereocenters. The minimum Gasteiger partial charge on any atom is -0.344 e. The Balaban J connectivity index is 2.36. The van der Waals surface area contributed by atoms with Crippen molar-refractivity contribution in [2.24, 2.45) is 0 Å². The Morgan fingerprint density at radius 1 is 0.941 bits per heavy atom. The van der Waals surface area contributed by atoms with Gasteiger partial charge < -0.3 is 4.90 Å². The Hall–Kier alpha value is -1.47. The smallest absolute Gasteiger partial charge is 0.0437 e. The van der Waals surface area contributed by atoms with Gasteiger partial charge in [0.25, 0.3) is 0 Å². The summed E-state index contributed by atoms with van der Waals surface area (Å²) in [5, 5.41) is 0.766. The van der Waals surface area contributed by atoms with E-state index in [0.29, 0.717) is 0 Å². The maximum atomic E-state index is 5.90. The summed E-state index contributed by atoms with van der Waals surface area (Å²) in [6, 6.07) is 14.4. The Kier molecular flexibility index (Phi) is 3.39. The lowest BCUT2D eigenvalue weighted by Gasteiger charge is -2.22. The Labute approximate surface area is 108 Å². The highest BCUT2D eigenvalue weighted by molar-refractivity contribution is 6.30. The van der Waals surface area contributed by atoms with Crippen molar-refractivity contribution in [3.63, 3.8) is 0 Å². The van der Waals surface area contributed by atoms with Crippen molar-refractivity contribution >= 4 is 23.0 Å². The molecule has 0 fully saturated rings. The minimum atomic E-state index is 0.766. The zero-order valence-electron chi connectivity index (χ0n) is 10.4. The minimum absolute atomic E-state index is 0.766. The maximum Gasteiger partial charge on any atom is 0.0437 e. The van der Waals surface area contributed by atoms with Gasteiger partial charge in [-0.25, -0.2) is 0 Å². The third-order valence-corrected chi connectivity index (χ3v) is 3.18. The van der Waals surface area contributed by atoms with Gasteiger partial charge in [-0.1, -0.05) is 29.3 Å². The molecule has 1 nitrogen and oxygen atoms in total. The second-order valence-electron chi connectivity index (χ2n) is 4.33. The van der Waals surface area contributed by atoms with Gasteiger partial charge in [-0.2, -0.15) is 0 Å². The van der Waals surface area contributed by atoms with E-state index in [4.69, 9.17) is 11.6 Å². The van der Waals surface area contributed by atoms with Crippen LogP contribution in [0.4, 0.5) is 11.4 Å². The molecule has 0 aromatic heterocycles. The van der Waals surface area contributed by atoms with Gasteiger partial charge in [0.2, 0.25) is 0 Å². The van der Waals surface area contributed by atoms with Crippen LogP contribution in [0.1, 0.15) is 11.1 Å². The lowest BCUT2D eigenvalue weighted by molar-refractivity contribution is 1.18. The first kappa shape index (κ1) is 12.0. The first-order valence-electron chi connectivity index (χ1n) is 5.64. The summed E-state index contributed by atoms with van der Waals surface area (Å²) >= 11 is 5.90. The molecule has 2 aromatic carbocycles. The first-order valence-corrected chi connectivity index (χ1v) is 6.02. The van der Waals surface area contributed by atoms with E-state index in [-0.39, 0.29) is 0 Å². The van der Waals surface area contributed by atoms with Crippen LogP contribution < -0.4 is 4.90 Å². The van der Waals surface area contributed by atoms with Crippen molar-refractivity contribution in [2.45, 2.75) is 13.8 Å². The van der Waals surface area contributed by atoms with Crippen LogP contribution in [0.2, 0.25) is 5.02 Å². The SMILES string of the molecule is Cc1ccc(N(C)c2ccc(Cl)cc2)c(C)c1. The van der Waals surface area contributed by atoms with E-state index >= 15 is 0 Å². The molecule has 2 heteroatoms. The highest BCUT2D eigenvalue weighted by Gasteiger charge is 2.06. The lowest BCUT2D eigenvalue weighted by Crippen LogP contribution is -2.10. The van der Waals surface area contributed by atoms with Crippen LogP contribution in [-0.2, 0) is 0 Å². The van der Waals surface area contributed by atoms with Crippen LogP contribution >= 0.6 is 11.6 Å². The molecular weight excluding hydrogens is 230 g/mol. The van der Waals surface area contributed by atoms with Gasteiger partial charge in [0.1, 0.15) is 0 Å². The maximum absolute atomic E-state index is 5.90. The van der Waals surface area contributed by atoms with Gasteiger partial charge in [0.05, 0.1) is 0 Å². The van der Waals surface area contributed by atoms with Crippen LogP contribution in [0.5, 0.6) is 0 Å². The van der Waals surface area contributed by atoms with Gasteiger partial charge >= 0.3 is 0 Å². The molecule has 17 heavy (non-hydrogen) atoms. The molecule has 0 spiro atoms. The molecule has 0 N–H and O–H groups in total. The van der Waals surface area contributed by atoms with Crippen molar-refractivity contribution < 1.29 is 0 Å². The first-order chi connectivity index (χ1) is 8.08. The van der Waals surface area contributed by atoms with E-state index in [0.717, 1.165) is 10.7 Å². The van der Waals surface area contributed by atoms with E-state index in [1.165, 1.54) is 16.8 Å². The highest BCUT2D eigenvalue weighted by atomic mass is 35.5. The van der Waals surface area contributed by atoms with E-state index < -0.39 is 0 Å². The van der Waals surface area contributed by atoms with Crippen molar-refractivity contribution in [3.05, 3.63) is 58.6 Å². The van der Waals surface area contributed by atoms with Gasteiger partial charge in [-0.05, 0) is 49.7 Å². The zero-order chi connectivity index (χ0) is 12.4. The molecule has 0 amide bonds. The van der Waals surface area contributed by atoms with Crippen molar-refractivity contribution in [3.8, 4) is 0 Å². The molecule has 88 valence electrons. The molecule has 0 aliphatic heterocycles. The van der Waals surface area contributed by atoms with Gasteiger partial charge in [0, 0.05) is 23.4 Å².